The van der Waals surface area contributed by atoms with Crippen LogP contribution >= 0.6 is 0 Å². The monoisotopic (exact) mass is 293 g/mol. The Balaban J connectivity index is 2.12. The Morgan fingerprint density at radius 2 is 2.00 bits per heavy atom. The standard InChI is InChI=1S/C18H15NO3/c1-3-21-18(20)13-10-11-8-9-15-16(17(11)19(13)2)12-6-4-5-7-14(12)22-15/h4-10H,3H2,1-2H3. The van der Waals surface area contributed by atoms with Crippen LogP contribution in [0.4, 0.5) is 0 Å². The second kappa shape index (κ2) is 4.63. The van der Waals surface area contributed by atoms with Crippen LogP contribution in [0.1, 0.15) is 17.4 Å². The van der Waals surface area contributed by atoms with Gasteiger partial charge in [-0.1, -0.05) is 18.2 Å². The highest BCUT2D eigenvalue weighted by molar-refractivity contribution is 6.18. The summed E-state index contributed by atoms with van der Waals surface area (Å²) in [6, 6.07) is 13.7. The van der Waals surface area contributed by atoms with Gasteiger partial charge in [0.15, 0.2) is 0 Å². The lowest BCUT2D eigenvalue weighted by Gasteiger charge is -2.04. The SMILES string of the molecule is CCOC(=O)c1cc2ccc3oc4ccccc4c3c2n1C. The largest absolute Gasteiger partial charge is 0.461 e. The third-order valence-corrected chi connectivity index (χ3v) is 4.02. The zero-order valence-electron chi connectivity index (χ0n) is 12.4. The number of hydrogen-bond donors (Lipinski definition) is 0. The zero-order valence-corrected chi connectivity index (χ0v) is 12.4. The van der Waals surface area contributed by atoms with E-state index in [2.05, 4.69) is 0 Å². The molecule has 0 saturated carbocycles. The number of hydrogen-bond acceptors (Lipinski definition) is 3. The number of carbonyl (C=O) groups excluding carboxylic acids is 1. The molecule has 0 N–H and O–H groups in total. The topological polar surface area (TPSA) is 44.4 Å². The number of furan rings is 1. The molecular weight excluding hydrogens is 278 g/mol. The lowest BCUT2D eigenvalue weighted by molar-refractivity contribution is 0.0516. The van der Waals surface area contributed by atoms with Crippen molar-refractivity contribution in [3.8, 4) is 0 Å². The van der Waals surface area contributed by atoms with E-state index in [0.29, 0.717) is 12.3 Å². The summed E-state index contributed by atoms with van der Waals surface area (Å²) in [5.74, 6) is -0.304. The summed E-state index contributed by atoms with van der Waals surface area (Å²) in [6.45, 7) is 2.17. The summed E-state index contributed by atoms with van der Waals surface area (Å²) < 4.78 is 12.9. The van der Waals surface area contributed by atoms with Gasteiger partial charge in [0.2, 0.25) is 0 Å². The van der Waals surface area contributed by atoms with E-state index in [9.17, 15) is 4.79 Å². The van der Waals surface area contributed by atoms with E-state index in [4.69, 9.17) is 9.15 Å². The Kier molecular flexibility index (Phi) is 2.73. The van der Waals surface area contributed by atoms with Crippen LogP contribution in [0.5, 0.6) is 0 Å². The maximum absolute atomic E-state index is 12.1. The first-order valence-corrected chi connectivity index (χ1v) is 7.27. The number of rotatable bonds is 2. The summed E-state index contributed by atoms with van der Waals surface area (Å²) >= 11 is 0. The Bertz CT molecular complexity index is 1020. The van der Waals surface area contributed by atoms with E-state index in [1.807, 2.05) is 61.0 Å². The highest BCUT2D eigenvalue weighted by atomic mass is 16.5. The summed E-state index contributed by atoms with van der Waals surface area (Å²) in [6.07, 6.45) is 0. The highest BCUT2D eigenvalue weighted by Gasteiger charge is 2.18. The molecule has 0 bridgehead atoms. The van der Waals surface area contributed by atoms with Crippen LogP contribution in [0.25, 0.3) is 32.8 Å². The van der Waals surface area contributed by atoms with Gasteiger partial charge in [0, 0.05) is 17.8 Å². The molecule has 0 amide bonds. The molecule has 2 aromatic carbocycles. The van der Waals surface area contributed by atoms with Gasteiger partial charge in [-0.2, -0.15) is 0 Å². The van der Waals surface area contributed by atoms with Crippen molar-refractivity contribution in [2.45, 2.75) is 6.92 Å². The van der Waals surface area contributed by atoms with E-state index < -0.39 is 0 Å². The average Bonchev–Trinajstić information content (AvgIpc) is 3.05. The van der Waals surface area contributed by atoms with Crippen LogP contribution in [-0.2, 0) is 11.8 Å². The van der Waals surface area contributed by atoms with E-state index in [-0.39, 0.29) is 5.97 Å². The minimum absolute atomic E-state index is 0.304. The van der Waals surface area contributed by atoms with Crippen LogP contribution < -0.4 is 0 Å². The minimum Gasteiger partial charge on any atom is -0.461 e. The molecule has 110 valence electrons. The van der Waals surface area contributed by atoms with Gasteiger partial charge in [0.1, 0.15) is 16.9 Å². The third kappa shape index (κ3) is 1.67. The predicted molar refractivity (Wildman–Crippen MR) is 86.2 cm³/mol. The quantitative estimate of drug-likeness (QED) is 0.519. The van der Waals surface area contributed by atoms with Crippen molar-refractivity contribution in [2.24, 2.45) is 7.05 Å². The first-order valence-electron chi connectivity index (χ1n) is 7.27. The molecule has 2 aromatic heterocycles. The normalized spacial score (nSPS) is 11.5. The number of fused-ring (bicyclic) bond motifs is 5. The van der Waals surface area contributed by atoms with Crippen molar-refractivity contribution in [1.82, 2.24) is 4.57 Å². The number of benzene rings is 2. The van der Waals surface area contributed by atoms with Gasteiger partial charge >= 0.3 is 5.97 Å². The molecule has 0 saturated heterocycles. The average molecular weight is 293 g/mol. The highest BCUT2D eigenvalue weighted by Crippen LogP contribution is 2.35. The van der Waals surface area contributed by atoms with Crippen molar-refractivity contribution >= 4 is 38.8 Å². The van der Waals surface area contributed by atoms with E-state index >= 15 is 0 Å². The number of ether oxygens (including phenoxy) is 1. The second-order valence-corrected chi connectivity index (χ2v) is 5.28. The number of nitrogens with zero attached hydrogens (tertiary/aromatic N) is 1. The van der Waals surface area contributed by atoms with E-state index in [0.717, 1.165) is 32.8 Å². The summed E-state index contributed by atoms with van der Waals surface area (Å²) in [5, 5.41) is 3.09. The van der Waals surface area contributed by atoms with Crippen LogP contribution in [0.15, 0.2) is 46.9 Å². The van der Waals surface area contributed by atoms with Crippen LogP contribution in [0, 0.1) is 0 Å². The molecule has 4 heteroatoms. The zero-order chi connectivity index (χ0) is 15.3. The Morgan fingerprint density at radius 1 is 1.18 bits per heavy atom. The van der Waals surface area contributed by atoms with Crippen molar-refractivity contribution < 1.29 is 13.9 Å². The van der Waals surface area contributed by atoms with Gasteiger partial charge in [0.25, 0.3) is 0 Å². The van der Waals surface area contributed by atoms with Crippen molar-refractivity contribution in [2.75, 3.05) is 6.61 Å². The molecule has 0 aliphatic rings. The Hall–Kier alpha value is -2.75. The maximum Gasteiger partial charge on any atom is 0.354 e. The van der Waals surface area contributed by atoms with Gasteiger partial charge in [-0.05, 0) is 31.2 Å². The molecule has 4 aromatic rings. The first-order chi connectivity index (χ1) is 10.7. The molecule has 0 fully saturated rings. The molecule has 0 aliphatic carbocycles. The number of esters is 1. The summed E-state index contributed by atoms with van der Waals surface area (Å²) in [5.41, 5.74) is 3.22. The molecule has 4 nitrogen and oxygen atoms in total. The van der Waals surface area contributed by atoms with Gasteiger partial charge in [0.05, 0.1) is 17.5 Å². The number of aryl methyl sites for hydroxylation is 1. The van der Waals surface area contributed by atoms with Crippen LogP contribution in [-0.4, -0.2) is 17.1 Å². The lowest BCUT2D eigenvalue weighted by atomic mass is 10.1. The predicted octanol–water partition coefficient (Wildman–Crippen LogP) is 4.25. The third-order valence-electron chi connectivity index (χ3n) is 4.02. The van der Waals surface area contributed by atoms with Gasteiger partial charge in [-0.3, -0.25) is 0 Å². The number of aromatic nitrogens is 1. The van der Waals surface area contributed by atoms with Gasteiger partial charge in [-0.15, -0.1) is 0 Å². The molecule has 0 atom stereocenters. The molecule has 0 unspecified atom stereocenters. The van der Waals surface area contributed by atoms with Gasteiger partial charge in [-0.25, -0.2) is 4.79 Å². The smallest absolute Gasteiger partial charge is 0.354 e. The fourth-order valence-electron chi connectivity index (χ4n) is 3.06. The van der Waals surface area contributed by atoms with Crippen molar-refractivity contribution in [3.05, 3.63) is 48.2 Å². The minimum atomic E-state index is -0.304. The Labute approximate surface area is 126 Å². The van der Waals surface area contributed by atoms with Gasteiger partial charge < -0.3 is 13.7 Å². The van der Waals surface area contributed by atoms with E-state index in [1.165, 1.54) is 0 Å². The molecule has 0 spiro atoms. The lowest BCUT2D eigenvalue weighted by Crippen LogP contribution is -2.09. The van der Waals surface area contributed by atoms with Crippen molar-refractivity contribution in [1.29, 1.82) is 0 Å². The molecule has 22 heavy (non-hydrogen) atoms. The fraction of sp³-hybridized carbons (Fsp3) is 0.167. The first kappa shape index (κ1) is 13.0. The molecule has 4 rings (SSSR count). The maximum atomic E-state index is 12.1. The molecular formula is C18H15NO3. The molecule has 0 radical (unpaired) electrons. The summed E-state index contributed by atoms with van der Waals surface area (Å²) in [4.78, 5) is 12.1. The number of carbonyl (C=O) groups is 1. The summed E-state index contributed by atoms with van der Waals surface area (Å²) in [7, 11) is 1.88. The number of para-hydroxylation sites is 1. The molecule has 0 aliphatic heterocycles. The Morgan fingerprint density at radius 3 is 2.82 bits per heavy atom. The van der Waals surface area contributed by atoms with Crippen LogP contribution in [0.3, 0.4) is 0 Å². The fourth-order valence-corrected chi connectivity index (χ4v) is 3.06. The van der Waals surface area contributed by atoms with Crippen LogP contribution in [0.2, 0.25) is 0 Å². The molecule has 2 heterocycles. The van der Waals surface area contributed by atoms with Crippen molar-refractivity contribution in [3.63, 3.8) is 0 Å². The second-order valence-electron chi connectivity index (χ2n) is 5.28. The van der Waals surface area contributed by atoms with E-state index in [1.54, 1.807) is 0 Å².